The molecule has 0 unspecified atom stereocenters. The van der Waals surface area contributed by atoms with Gasteiger partial charge in [0.1, 0.15) is 0 Å². The number of hydrogen-bond donors (Lipinski definition) is 1. The summed E-state index contributed by atoms with van der Waals surface area (Å²) in [5, 5.41) is 3.28. The molecule has 8 heteroatoms. The SMILES string of the molecule is CC1(C)CN(C=O)CS1.Cc1cccc(Cl)c1CNC=O.O=C1CCCO1. The van der Waals surface area contributed by atoms with Gasteiger partial charge in [0.15, 0.2) is 0 Å². The van der Waals surface area contributed by atoms with E-state index in [0.717, 1.165) is 36.4 Å². The van der Waals surface area contributed by atoms with Gasteiger partial charge in [0.05, 0.1) is 12.5 Å². The maximum Gasteiger partial charge on any atom is 0.305 e. The summed E-state index contributed by atoms with van der Waals surface area (Å²) in [5.74, 6) is 0.811. The highest BCUT2D eigenvalue weighted by Gasteiger charge is 2.28. The fraction of sp³-hybridized carbons (Fsp3) is 0.526. The summed E-state index contributed by atoms with van der Waals surface area (Å²) in [6.45, 7) is 8.30. The number of ether oxygens (including phenoxy) is 1. The molecule has 0 aliphatic carbocycles. The lowest BCUT2D eigenvalue weighted by molar-refractivity contribution is -0.138. The van der Waals surface area contributed by atoms with E-state index < -0.39 is 0 Å². The van der Waals surface area contributed by atoms with E-state index >= 15 is 0 Å². The monoisotopic (exact) mass is 414 g/mol. The number of hydrogen-bond acceptors (Lipinski definition) is 5. The highest BCUT2D eigenvalue weighted by atomic mass is 35.5. The largest absolute Gasteiger partial charge is 0.466 e. The van der Waals surface area contributed by atoms with Crippen molar-refractivity contribution in [2.24, 2.45) is 0 Å². The van der Waals surface area contributed by atoms with Crippen LogP contribution >= 0.6 is 23.4 Å². The number of aryl methyl sites for hydroxylation is 1. The minimum Gasteiger partial charge on any atom is -0.466 e. The highest BCUT2D eigenvalue weighted by Crippen LogP contribution is 2.31. The molecule has 3 rings (SSSR count). The molecule has 150 valence electrons. The molecule has 1 aromatic carbocycles. The summed E-state index contributed by atoms with van der Waals surface area (Å²) in [5.41, 5.74) is 2.07. The molecule has 2 aliphatic rings. The van der Waals surface area contributed by atoms with E-state index in [1.165, 1.54) is 0 Å². The van der Waals surface area contributed by atoms with Crippen LogP contribution in [0.3, 0.4) is 0 Å². The zero-order chi connectivity index (χ0) is 20.3. The lowest BCUT2D eigenvalue weighted by Gasteiger charge is -2.14. The van der Waals surface area contributed by atoms with Gasteiger partial charge in [-0.25, -0.2) is 0 Å². The molecule has 6 nitrogen and oxygen atoms in total. The fourth-order valence-corrected chi connectivity index (χ4v) is 3.63. The molecule has 0 spiro atoms. The predicted molar refractivity (Wildman–Crippen MR) is 109 cm³/mol. The van der Waals surface area contributed by atoms with Crippen molar-refractivity contribution in [3.8, 4) is 0 Å². The Morgan fingerprint density at radius 1 is 1.37 bits per heavy atom. The van der Waals surface area contributed by atoms with Crippen LogP contribution in [-0.2, 0) is 25.7 Å². The lowest BCUT2D eigenvalue weighted by Crippen LogP contribution is -2.25. The van der Waals surface area contributed by atoms with Gasteiger partial charge in [-0.2, -0.15) is 0 Å². The second-order valence-electron chi connectivity index (χ2n) is 6.74. The Morgan fingerprint density at radius 2 is 2.11 bits per heavy atom. The first-order chi connectivity index (χ1) is 12.8. The van der Waals surface area contributed by atoms with Crippen LogP contribution in [0.1, 0.15) is 37.8 Å². The molecule has 1 aromatic rings. The molecule has 0 radical (unpaired) electrons. The normalized spacial score (nSPS) is 17.0. The minimum atomic E-state index is -0.0463. The Balaban J connectivity index is 0.000000214. The van der Waals surface area contributed by atoms with Gasteiger partial charge in [-0.05, 0) is 44.4 Å². The Bertz CT molecular complexity index is 612. The summed E-state index contributed by atoms with van der Waals surface area (Å²) in [7, 11) is 0. The summed E-state index contributed by atoms with van der Waals surface area (Å²) in [6.07, 6.45) is 3.13. The van der Waals surface area contributed by atoms with Crippen LogP contribution in [0, 0.1) is 6.92 Å². The van der Waals surface area contributed by atoms with Crippen molar-refractivity contribution in [2.45, 2.75) is 44.9 Å². The zero-order valence-electron chi connectivity index (χ0n) is 16.0. The number of esters is 1. The van der Waals surface area contributed by atoms with Gasteiger partial charge in [-0.3, -0.25) is 14.4 Å². The lowest BCUT2D eigenvalue weighted by atomic mass is 10.1. The third-order valence-electron chi connectivity index (χ3n) is 3.86. The summed E-state index contributed by atoms with van der Waals surface area (Å²) in [4.78, 5) is 32.1. The minimum absolute atomic E-state index is 0.0463. The Kier molecular flexibility index (Phi) is 10.3. The van der Waals surface area contributed by atoms with Gasteiger partial charge < -0.3 is 15.0 Å². The van der Waals surface area contributed by atoms with Crippen molar-refractivity contribution in [2.75, 3.05) is 19.0 Å². The molecular formula is C19H27ClN2O4S. The number of thioether (sulfide) groups is 1. The molecular weight excluding hydrogens is 388 g/mol. The Labute approximate surface area is 170 Å². The Hall–Kier alpha value is -1.73. The standard InChI is InChI=1S/C9H10ClNO.C6H11NOS.C4H6O2/c1-7-3-2-4-9(10)8(7)5-11-6-12;1-6(2)3-7(4-8)5-9-6;5-4-2-1-3-6-4/h2-4,6H,5H2,1H3,(H,11,12);4H,3,5H2,1-2H3;1-3H2. The smallest absolute Gasteiger partial charge is 0.305 e. The van der Waals surface area contributed by atoms with Crippen LogP contribution in [0.25, 0.3) is 0 Å². The number of rotatable bonds is 4. The van der Waals surface area contributed by atoms with Gasteiger partial charge in [0.25, 0.3) is 0 Å². The van der Waals surface area contributed by atoms with E-state index in [0.29, 0.717) is 31.0 Å². The van der Waals surface area contributed by atoms with Crippen molar-refractivity contribution in [1.29, 1.82) is 0 Å². The van der Waals surface area contributed by atoms with Crippen LogP contribution in [0.5, 0.6) is 0 Å². The molecule has 27 heavy (non-hydrogen) atoms. The molecule has 2 saturated heterocycles. The predicted octanol–water partition coefficient (Wildman–Crippen LogP) is 3.15. The van der Waals surface area contributed by atoms with Gasteiger partial charge in [-0.1, -0.05) is 23.7 Å². The average molecular weight is 415 g/mol. The van der Waals surface area contributed by atoms with Gasteiger partial charge in [0.2, 0.25) is 12.8 Å². The number of nitrogens with one attached hydrogen (secondary N) is 1. The van der Waals surface area contributed by atoms with E-state index in [9.17, 15) is 14.4 Å². The van der Waals surface area contributed by atoms with Crippen molar-refractivity contribution in [3.63, 3.8) is 0 Å². The number of benzene rings is 1. The first-order valence-electron chi connectivity index (χ1n) is 8.69. The number of halogens is 1. The number of nitrogens with zero attached hydrogens (tertiary/aromatic N) is 1. The van der Waals surface area contributed by atoms with Gasteiger partial charge in [-0.15, -0.1) is 11.8 Å². The number of carbonyl (C=O) groups is 3. The Morgan fingerprint density at radius 3 is 2.48 bits per heavy atom. The second-order valence-corrected chi connectivity index (χ2v) is 8.80. The van der Waals surface area contributed by atoms with Crippen LogP contribution in [-0.4, -0.2) is 47.5 Å². The highest BCUT2D eigenvalue weighted by molar-refractivity contribution is 8.00. The second kappa shape index (κ2) is 11.9. The molecule has 2 fully saturated rings. The van der Waals surface area contributed by atoms with E-state index in [1.54, 1.807) is 4.90 Å². The molecule has 2 heterocycles. The molecule has 1 N–H and O–H groups in total. The van der Waals surface area contributed by atoms with Crippen molar-refractivity contribution in [1.82, 2.24) is 10.2 Å². The maximum atomic E-state index is 10.2. The van der Waals surface area contributed by atoms with Crippen molar-refractivity contribution < 1.29 is 19.1 Å². The van der Waals surface area contributed by atoms with Crippen LogP contribution < -0.4 is 5.32 Å². The molecule has 0 saturated carbocycles. The number of amides is 2. The molecule has 2 amide bonds. The third kappa shape index (κ3) is 9.15. The van der Waals surface area contributed by atoms with E-state index in [4.69, 9.17) is 11.6 Å². The van der Waals surface area contributed by atoms with Crippen LogP contribution in [0.4, 0.5) is 0 Å². The first kappa shape index (κ1) is 23.3. The topological polar surface area (TPSA) is 75.7 Å². The number of cyclic esters (lactones) is 1. The zero-order valence-corrected chi connectivity index (χ0v) is 17.6. The van der Waals surface area contributed by atoms with Crippen LogP contribution in [0.2, 0.25) is 5.02 Å². The van der Waals surface area contributed by atoms with E-state index in [-0.39, 0.29) is 10.7 Å². The van der Waals surface area contributed by atoms with Crippen molar-refractivity contribution in [3.05, 3.63) is 34.3 Å². The quantitative estimate of drug-likeness (QED) is 0.605. The summed E-state index contributed by atoms with van der Waals surface area (Å²) < 4.78 is 4.79. The summed E-state index contributed by atoms with van der Waals surface area (Å²) in [6, 6.07) is 5.67. The maximum absolute atomic E-state index is 10.2. The van der Waals surface area contributed by atoms with E-state index in [2.05, 4.69) is 23.9 Å². The van der Waals surface area contributed by atoms with Gasteiger partial charge >= 0.3 is 5.97 Å². The molecule has 0 bridgehead atoms. The number of carbonyl (C=O) groups excluding carboxylic acids is 3. The van der Waals surface area contributed by atoms with E-state index in [1.807, 2.05) is 36.9 Å². The first-order valence-corrected chi connectivity index (χ1v) is 10.1. The molecule has 2 aliphatic heterocycles. The van der Waals surface area contributed by atoms with Gasteiger partial charge in [0, 0.05) is 29.3 Å². The third-order valence-corrected chi connectivity index (χ3v) is 5.58. The van der Waals surface area contributed by atoms with Crippen molar-refractivity contribution >= 4 is 42.2 Å². The summed E-state index contributed by atoms with van der Waals surface area (Å²) >= 11 is 7.74. The molecule has 0 aromatic heterocycles. The fourth-order valence-electron chi connectivity index (χ4n) is 2.41. The van der Waals surface area contributed by atoms with Crippen LogP contribution in [0.15, 0.2) is 18.2 Å². The average Bonchev–Trinajstić information content (AvgIpc) is 3.24. The molecule has 0 atom stereocenters.